The van der Waals surface area contributed by atoms with Crippen LogP contribution >= 0.6 is 0 Å². The predicted octanol–water partition coefficient (Wildman–Crippen LogP) is 0.998. The van der Waals surface area contributed by atoms with Gasteiger partial charge in [0, 0.05) is 31.5 Å². The number of aromatic nitrogens is 5. The minimum atomic E-state index is -3.60. The van der Waals surface area contributed by atoms with E-state index in [9.17, 15) is 8.42 Å². The third-order valence-electron chi connectivity index (χ3n) is 3.57. The Morgan fingerprint density at radius 3 is 2.60 bits per heavy atom. The van der Waals surface area contributed by atoms with E-state index in [1.807, 2.05) is 29.1 Å². The maximum absolute atomic E-state index is 12.3. The first-order valence-electron chi connectivity index (χ1n) is 7.68. The molecule has 3 heterocycles. The minimum Gasteiger partial charge on any atom is -0.369 e. The van der Waals surface area contributed by atoms with Crippen molar-refractivity contribution >= 4 is 15.8 Å². The molecule has 132 valence electrons. The third-order valence-corrected chi connectivity index (χ3v) is 5.30. The highest BCUT2D eigenvalue weighted by Crippen LogP contribution is 2.16. The minimum absolute atomic E-state index is 0.199. The van der Waals surface area contributed by atoms with Crippen LogP contribution in [0.5, 0.6) is 0 Å². The molecule has 0 atom stereocenters. The lowest BCUT2D eigenvalue weighted by Gasteiger charge is -2.09. The molecular formula is C15H19N7O2S. The number of nitrogens with one attached hydrogen (secondary N) is 3. The molecule has 0 fully saturated rings. The Hall–Kier alpha value is -2.72. The van der Waals surface area contributed by atoms with E-state index in [0.29, 0.717) is 23.8 Å². The van der Waals surface area contributed by atoms with Gasteiger partial charge in [-0.3, -0.25) is 5.10 Å². The van der Waals surface area contributed by atoms with E-state index >= 15 is 0 Å². The number of rotatable bonds is 7. The van der Waals surface area contributed by atoms with Crippen molar-refractivity contribution in [2.75, 3.05) is 18.4 Å². The van der Waals surface area contributed by atoms with Gasteiger partial charge in [0.1, 0.15) is 22.9 Å². The Kier molecular flexibility index (Phi) is 4.81. The predicted molar refractivity (Wildman–Crippen MR) is 93.1 cm³/mol. The van der Waals surface area contributed by atoms with Crippen LogP contribution in [0.25, 0.3) is 5.82 Å². The maximum atomic E-state index is 12.3. The smallest absolute Gasteiger partial charge is 0.244 e. The van der Waals surface area contributed by atoms with Crippen molar-refractivity contribution in [1.82, 2.24) is 29.5 Å². The average molecular weight is 361 g/mol. The number of sulfonamides is 1. The lowest BCUT2D eigenvalue weighted by atomic mass is 10.4. The van der Waals surface area contributed by atoms with Gasteiger partial charge >= 0.3 is 0 Å². The van der Waals surface area contributed by atoms with E-state index in [1.165, 1.54) is 6.33 Å². The Morgan fingerprint density at radius 2 is 1.92 bits per heavy atom. The van der Waals surface area contributed by atoms with Crippen molar-refractivity contribution in [1.29, 1.82) is 0 Å². The van der Waals surface area contributed by atoms with E-state index in [4.69, 9.17) is 0 Å². The first-order chi connectivity index (χ1) is 12.0. The first kappa shape index (κ1) is 17.1. The van der Waals surface area contributed by atoms with Gasteiger partial charge in [0.2, 0.25) is 10.0 Å². The van der Waals surface area contributed by atoms with Gasteiger partial charge in [0.05, 0.1) is 11.4 Å². The molecule has 0 aliphatic carbocycles. The summed E-state index contributed by atoms with van der Waals surface area (Å²) in [5, 5.41) is 9.67. The lowest BCUT2D eigenvalue weighted by molar-refractivity contribution is 0.581. The zero-order valence-electron chi connectivity index (χ0n) is 13.9. The normalized spacial score (nSPS) is 11.6. The molecular weight excluding hydrogens is 342 g/mol. The third kappa shape index (κ3) is 3.86. The largest absolute Gasteiger partial charge is 0.369 e. The van der Waals surface area contributed by atoms with Crippen molar-refractivity contribution in [2.24, 2.45) is 0 Å². The molecule has 0 radical (unpaired) electrons. The molecule has 3 aromatic heterocycles. The van der Waals surface area contributed by atoms with Crippen molar-refractivity contribution in [3.63, 3.8) is 0 Å². The summed E-state index contributed by atoms with van der Waals surface area (Å²) < 4.78 is 29.1. The Bertz CT molecular complexity index is 929. The lowest BCUT2D eigenvalue weighted by Crippen LogP contribution is -2.29. The van der Waals surface area contributed by atoms with E-state index in [1.54, 1.807) is 19.9 Å². The fourth-order valence-electron chi connectivity index (χ4n) is 2.46. The molecule has 0 spiro atoms. The van der Waals surface area contributed by atoms with Crippen LogP contribution in [0.1, 0.15) is 11.4 Å². The van der Waals surface area contributed by atoms with Crippen LogP contribution in [0.3, 0.4) is 0 Å². The maximum Gasteiger partial charge on any atom is 0.244 e. The summed E-state index contributed by atoms with van der Waals surface area (Å²) in [6.07, 6.45) is 5.23. The molecule has 0 aromatic carbocycles. The monoisotopic (exact) mass is 361 g/mol. The molecule has 0 aliphatic rings. The summed E-state index contributed by atoms with van der Waals surface area (Å²) in [6, 6.07) is 5.60. The van der Waals surface area contributed by atoms with Gasteiger partial charge in [0.25, 0.3) is 0 Å². The molecule has 3 N–H and O–H groups in total. The Labute approximate surface area is 145 Å². The van der Waals surface area contributed by atoms with Crippen LogP contribution < -0.4 is 10.0 Å². The van der Waals surface area contributed by atoms with E-state index in [-0.39, 0.29) is 11.4 Å². The Morgan fingerprint density at radius 1 is 1.16 bits per heavy atom. The molecule has 9 nitrogen and oxygen atoms in total. The van der Waals surface area contributed by atoms with Crippen LogP contribution in [0.4, 0.5) is 5.82 Å². The van der Waals surface area contributed by atoms with Crippen LogP contribution in [-0.2, 0) is 10.0 Å². The second-order valence-electron chi connectivity index (χ2n) is 5.44. The summed E-state index contributed by atoms with van der Waals surface area (Å²) in [6.45, 7) is 3.93. The number of aromatic amines is 1. The van der Waals surface area contributed by atoms with Crippen molar-refractivity contribution in [3.05, 3.63) is 48.3 Å². The van der Waals surface area contributed by atoms with Gasteiger partial charge < -0.3 is 9.88 Å². The van der Waals surface area contributed by atoms with Crippen molar-refractivity contribution in [3.8, 4) is 5.82 Å². The van der Waals surface area contributed by atoms with Crippen molar-refractivity contribution in [2.45, 2.75) is 18.7 Å². The number of anilines is 1. The van der Waals surface area contributed by atoms with Gasteiger partial charge in [-0.1, -0.05) is 0 Å². The van der Waals surface area contributed by atoms with Gasteiger partial charge in [-0.15, -0.1) is 0 Å². The zero-order valence-corrected chi connectivity index (χ0v) is 14.7. The highest BCUT2D eigenvalue weighted by Gasteiger charge is 2.21. The molecule has 3 aromatic rings. The van der Waals surface area contributed by atoms with Gasteiger partial charge in [-0.25, -0.2) is 23.1 Å². The Balaban J connectivity index is 1.58. The highest BCUT2D eigenvalue weighted by molar-refractivity contribution is 7.89. The van der Waals surface area contributed by atoms with Crippen LogP contribution in [0, 0.1) is 13.8 Å². The fraction of sp³-hybridized carbons (Fsp3) is 0.267. The molecule has 0 saturated heterocycles. The molecule has 3 rings (SSSR count). The van der Waals surface area contributed by atoms with Crippen molar-refractivity contribution < 1.29 is 8.42 Å². The van der Waals surface area contributed by atoms with E-state index < -0.39 is 10.0 Å². The summed E-state index contributed by atoms with van der Waals surface area (Å²) in [4.78, 5) is 8.52. The van der Waals surface area contributed by atoms with E-state index in [0.717, 1.165) is 5.82 Å². The molecule has 25 heavy (non-hydrogen) atoms. The number of nitrogens with zero attached hydrogens (tertiary/aromatic N) is 4. The summed E-state index contributed by atoms with van der Waals surface area (Å²) in [5.74, 6) is 1.35. The van der Waals surface area contributed by atoms with Gasteiger partial charge in [0.15, 0.2) is 0 Å². The SMILES string of the molecule is Cc1n[nH]c(C)c1S(=O)(=O)NCCNc1cc(-n2cccc2)ncn1. The quantitative estimate of drug-likeness (QED) is 0.540. The average Bonchev–Trinajstić information content (AvgIpc) is 3.22. The number of hydrogen-bond acceptors (Lipinski definition) is 6. The first-order valence-corrected chi connectivity index (χ1v) is 9.16. The molecule has 0 unspecified atom stereocenters. The summed E-state index contributed by atoms with van der Waals surface area (Å²) in [7, 11) is -3.60. The number of aryl methyl sites for hydroxylation is 2. The zero-order chi connectivity index (χ0) is 17.9. The molecule has 0 aliphatic heterocycles. The van der Waals surface area contributed by atoms with Crippen LogP contribution in [0.2, 0.25) is 0 Å². The standard InChI is InChI=1S/C15H19N7O2S/c1-11-15(12(2)21-20-11)25(23,24)19-6-5-16-13-9-14(18-10-17-13)22-7-3-4-8-22/h3-4,7-10,19H,5-6H2,1-2H3,(H,20,21)(H,16,17,18). The molecule has 0 amide bonds. The van der Waals surface area contributed by atoms with Gasteiger partial charge in [-0.05, 0) is 26.0 Å². The second kappa shape index (κ2) is 7.03. The fourth-order valence-corrected chi connectivity index (χ4v) is 3.86. The topological polar surface area (TPSA) is 118 Å². The molecule has 0 saturated carbocycles. The second-order valence-corrected chi connectivity index (χ2v) is 7.14. The molecule has 10 heteroatoms. The number of hydrogen-bond donors (Lipinski definition) is 3. The van der Waals surface area contributed by atoms with Gasteiger partial charge in [-0.2, -0.15) is 5.10 Å². The summed E-state index contributed by atoms with van der Waals surface area (Å²) >= 11 is 0. The van der Waals surface area contributed by atoms with E-state index in [2.05, 4.69) is 30.2 Å². The molecule has 0 bridgehead atoms. The summed E-state index contributed by atoms with van der Waals surface area (Å²) in [5.41, 5.74) is 0.968. The number of H-pyrrole nitrogens is 1. The van der Waals surface area contributed by atoms with Crippen LogP contribution in [0.15, 0.2) is 41.8 Å². The van der Waals surface area contributed by atoms with Crippen LogP contribution in [-0.4, -0.2) is 46.2 Å². The highest BCUT2D eigenvalue weighted by atomic mass is 32.2.